The number of fused-ring (bicyclic) bond motifs is 1. The predicted octanol–water partition coefficient (Wildman–Crippen LogP) is 2.97. The number of aromatic nitrogens is 3. The largest absolute Gasteiger partial charge is 0.344 e. The highest BCUT2D eigenvalue weighted by Crippen LogP contribution is 2.33. The molecule has 0 bridgehead atoms. The van der Waals surface area contributed by atoms with Crippen molar-refractivity contribution in [3.05, 3.63) is 47.5 Å². The molecular formula is C19H21N5O2. The van der Waals surface area contributed by atoms with E-state index in [2.05, 4.69) is 15.1 Å². The summed E-state index contributed by atoms with van der Waals surface area (Å²) >= 11 is 0. The van der Waals surface area contributed by atoms with Gasteiger partial charge in [0.15, 0.2) is 0 Å². The average Bonchev–Trinajstić information content (AvgIpc) is 3.30. The first-order valence-corrected chi connectivity index (χ1v) is 8.72. The van der Waals surface area contributed by atoms with E-state index in [4.69, 9.17) is 4.52 Å². The van der Waals surface area contributed by atoms with Crippen molar-refractivity contribution in [3.63, 3.8) is 0 Å². The number of anilines is 1. The average molecular weight is 351 g/mol. The Morgan fingerprint density at radius 3 is 2.92 bits per heavy atom. The molecule has 0 saturated carbocycles. The van der Waals surface area contributed by atoms with Crippen molar-refractivity contribution in [1.29, 1.82) is 0 Å². The van der Waals surface area contributed by atoms with Gasteiger partial charge in [-0.1, -0.05) is 0 Å². The number of benzene rings is 1. The molecule has 1 fully saturated rings. The Morgan fingerprint density at radius 1 is 1.31 bits per heavy atom. The maximum Gasteiger partial charge on any atom is 0.265 e. The topological polar surface area (TPSA) is 75.4 Å². The fraction of sp³-hybridized carbons (Fsp3) is 0.368. The van der Waals surface area contributed by atoms with Crippen LogP contribution in [0.4, 0.5) is 5.95 Å². The molecule has 1 aliphatic heterocycles. The van der Waals surface area contributed by atoms with Gasteiger partial charge in [0.25, 0.3) is 17.7 Å². The number of hydrogen-bond acceptors (Lipinski definition) is 6. The second-order valence-electron chi connectivity index (χ2n) is 6.84. The van der Waals surface area contributed by atoms with Crippen LogP contribution in [0.2, 0.25) is 0 Å². The molecule has 4 rings (SSSR count). The van der Waals surface area contributed by atoms with Crippen LogP contribution >= 0.6 is 0 Å². The zero-order valence-corrected chi connectivity index (χ0v) is 15.1. The number of aryl methyl sites for hydroxylation is 1. The molecule has 1 atom stereocenters. The molecule has 1 aliphatic rings. The van der Waals surface area contributed by atoms with Crippen LogP contribution in [0.15, 0.2) is 35.0 Å². The molecule has 0 radical (unpaired) electrons. The minimum Gasteiger partial charge on any atom is -0.344 e. The Bertz CT molecular complexity index is 965. The summed E-state index contributed by atoms with van der Waals surface area (Å²) in [5, 5.41) is 4.97. The molecule has 3 aromatic rings. The number of rotatable bonds is 3. The predicted molar refractivity (Wildman–Crippen MR) is 98.1 cm³/mol. The first-order valence-electron chi connectivity index (χ1n) is 8.72. The van der Waals surface area contributed by atoms with E-state index in [9.17, 15) is 4.79 Å². The maximum atomic E-state index is 13.1. The third kappa shape index (κ3) is 2.79. The third-order valence-electron chi connectivity index (χ3n) is 4.84. The number of carbonyl (C=O) groups excluding carboxylic acids is 1. The van der Waals surface area contributed by atoms with Gasteiger partial charge in [-0.15, -0.1) is 0 Å². The summed E-state index contributed by atoms with van der Waals surface area (Å²) in [6, 6.07) is 7.45. The molecule has 26 heavy (non-hydrogen) atoms. The lowest BCUT2D eigenvalue weighted by Crippen LogP contribution is -2.30. The molecular weight excluding hydrogens is 330 g/mol. The van der Waals surface area contributed by atoms with Gasteiger partial charge in [0, 0.05) is 37.8 Å². The summed E-state index contributed by atoms with van der Waals surface area (Å²) in [6.45, 7) is 2.71. The SMILES string of the molecule is Cc1ccnc2ccc(C(=O)N3CCCC3c3nc(N(C)C)no3)cc12. The van der Waals surface area contributed by atoms with E-state index in [0.29, 0.717) is 23.9 Å². The first-order chi connectivity index (χ1) is 12.5. The zero-order chi connectivity index (χ0) is 18.3. The van der Waals surface area contributed by atoms with E-state index < -0.39 is 0 Å². The minimum atomic E-state index is -0.172. The van der Waals surface area contributed by atoms with E-state index >= 15 is 0 Å². The van der Waals surface area contributed by atoms with Crippen molar-refractivity contribution in [2.75, 3.05) is 25.5 Å². The molecule has 1 unspecified atom stereocenters. The van der Waals surface area contributed by atoms with E-state index in [1.807, 2.05) is 50.2 Å². The van der Waals surface area contributed by atoms with Crippen LogP contribution in [0.25, 0.3) is 10.9 Å². The van der Waals surface area contributed by atoms with Gasteiger partial charge in [-0.25, -0.2) is 0 Å². The number of hydrogen-bond donors (Lipinski definition) is 0. The monoisotopic (exact) mass is 351 g/mol. The van der Waals surface area contributed by atoms with Gasteiger partial charge in [0.2, 0.25) is 0 Å². The van der Waals surface area contributed by atoms with Crippen LogP contribution < -0.4 is 4.90 Å². The highest BCUT2D eigenvalue weighted by Gasteiger charge is 2.34. The van der Waals surface area contributed by atoms with Gasteiger partial charge in [0.05, 0.1) is 5.52 Å². The van der Waals surface area contributed by atoms with Gasteiger partial charge in [0.1, 0.15) is 6.04 Å². The number of pyridine rings is 1. The van der Waals surface area contributed by atoms with Crippen molar-refractivity contribution in [2.45, 2.75) is 25.8 Å². The van der Waals surface area contributed by atoms with Gasteiger partial charge in [-0.05, 0) is 54.8 Å². The van der Waals surface area contributed by atoms with Gasteiger partial charge in [-0.2, -0.15) is 4.98 Å². The second-order valence-corrected chi connectivity index (χ2v) is 6.84. The van der Waals surface area contributed by atoms with Crippen LogP contribution in [0.1, 0.15) is 40.7 Å². The maximum absolute atomic E-state index is 13.1. The Morgan fingerprint density at radius 2 is 2.15 bits per heavy atom. The van der Waals surface area contributed by atoms with E-state index in [1.165, 1.54) is 0 Å². The van der Waals surface area contributed by atoms with Crippen LogP contribution in [0.3, 0.4) is 0 Å². The third-order valence-corrected chi connectivity index (χ3v) is 4.84. The van der Waals surface area contributed by atoms with Crippen LogP contribution in [0.5, 0.6) is 0 Å². The lowest BCUT2D eigenvalue weighted by atomic mass is 10.1. The van der Waals surface area contributed by atoms with Crippen molar-refractivity contribution in [2.24, 2.45) is 0 Å². The Balaban J connectivity index is 1.65. The number of likely N-dealkylation sites (tertiary alicyclic amines) is 1. The van der Waals surface area contributed by atoms with Crippen molar-refractivity contribution in [1.82, 2.24) is 20.0 Å². The standard InChI is InChI=1S/C19H21N5O2/c1-12-8-9-20-15-7-6-13(11-14(12)15)18(25)24-10-4-5-16(24)17-21-19(22-26-17)23(2)3/h6-9,11,16H,4-5,10H2,1-3H3. The molecule has 7 heteroatoms. The smallest absolute Gasteiger partial charge is 0.265 e. The van der Waals surface area contributed by atoms with Crippen LogP contribution in [0, 0.1) is 6.92 Å². The Hall–Kier alpha value is -2.96. The van der Waals surface area contributed by atoms with Crippen molar-refractivity contribution >= 4 is 22.8 Å². The summed E-state index contributed by atoms with van der Waals surface area (Å²) in [5.74, 6) is 1.01. The molecule has 0 aliphatic carbocycles. The summed E-state index contributed by atoms with van der Waals surface area (Å²) in [5.41, 5.74) is 2.66. The highest BCUT2D eigenvalue weighted by atomic mass is 16.5. The summed E-state index contributed by atoms with van der Waals surface area (Å²) in [7, 11) is 3.72. The fourth-order valence-electron chi connectivity index (χ4n) is 3.39. The molecule has 0 spiro atoms. The summed E-state index contributed by atoms with van der Waals surface area (Å²) in [4.78, 5) is 25.5. The minimum absolute atomic E-state index is 0.0118. The summed E-state index contributed by atoms with van der Waals surface area (Å²) in [6.07, 6.45) is 3.53. The molecule has 1 aromatic carbocycles. The lowest BCUT2D eigenvalue weighted by Gasteiger charge is -2.22. The highest BCUT2D eigenvalue weighted by molar-refractivity contribution is 5.98. The fourth-order valence-corrected chi connectivity index (χ4v) is 3.39. The molecule has 1 amide bonds. The van der Waals surface area contributed by atoms with E-state index in [0.717, 1.165) is 29.3 Å². The quantitative estimate of drug-likeness (QED) is 0.722. The zero-order valence-electron chi connectivity index (χ0n) is 15.1. The second kappa shape index (κ2) is 6.40. The van der Waals surface area contributed by atoms with Crippen LogP contribution in [-0.2, 0) is 0 Å². The van der Waals surface area contributed by atoms with Crippen molar-refractivity contribution < 1.29 is 9.32 Å². The van der Waals surface area contributed by atoms with Gasteiger partial charge >= 0.3 is 0 Å². The molecule has 7 nitrogen and oxygen atoms in total. The number of amides is 1. The van der Waals surface area contributed by atoms with E-state index in [-0.39, 0.29) is 11.9 Å². The molecule has 1 saturated heterocycles. The van der Waals surface area contributed by atoms with Crippen molar-refractivity contribution in [3.8, 4) is 0 Å². The van der Waals surface area contributed by atoms with E-state index in [1.54, 1.807) is 11.1 Å². The van der Waals surface area contributed by atoms with Crippen LogP contribution in [-0.4, -0.2) is 46.6 Å². The molecule has 134 valence electrons. The molecule has 3 heterocycles. The van der Waals surface area contributed by atoms with Gasteiger partial charge < -0.3 is 14.3 Å². The molecule has 2 aromatic heterocycles. The number of carbonyl (C=O) groups is 1. The van der Waals surface area contributed by atoms with Gasteiger partial charge in [-0.3, -0.25) is 9.78 Å². The Kier molecular flexibility index (Phi) is 4.06. The normalized spacial score (nSPS) is 17.0. The molecule has 0 N–H and O–H groups in total. The summed E-state index contributed by atoms with van der Waals surface area (Å²) < 4.78 is 5.41. The number of nitrogens with zero attached hydrogens (tertiary/aromatic N) is 5. The first kappa shape index (κ1) is 16.5. The Labute approximate surface area is 151 Å². The lowest BCUT2D eigenvalue weighted by molar-refractivity contribution is 0.0710.